The summed E-state index contributed by atoms with van der Waals surface area (Å²) in [4.78, 5) is 16.4. The lowest BCUT2D eigenvalue weighted by molar-refractivity contribution is -0.116. The number of ketones is 1. The standard InChI is InChI=1S/C18H19N3O3S/c1-3-25(23,24)13-8-9-15-17(11-13)21(18(20-15)10-12(2)22)16-7-5-4-6-14(16)19/h4-9,11H,3,10,19H2,1-2H3. The average Bonchev–Trinajstić information content (AvgIpc) is 2.91. The first kappa shape index (κ1) is 17.2. The SMILES string of the molecule is CCS(=O)(=O)c1ccc2nc(CC(C)=O)n(-c3ccccc3N)c2c1. The second kappa shape index (κ2) is 6.33. The molecule has 7 heteroatoms. The highest BCUT2D eigenvalue weighted by Crippen LogP contribution is 2.28. The van der Waals surface area contributed by atoms with Gasteiger partial charge in [0.25, 0.3) is 0 Å². The van der Waals surface area contributed by atoms with Gasteiger partial charge in [0.2, 0.25) is 0 Å². The Morgan fingerprint density at radius 1 is 1.20 bits per heavy atom. The zero-order valence-corrected chi connectivity index (χ0v) is 14.9. The van der Waals surface area contributed by atoms with Crippen LogP contribution in [0.3, 0.4) is 0 Å². The van der Waals surface area contributed by atoms with Crippen LogP contribution in [0.5, 0.6) is 0 Å². The molecular weight excluding hydrogens is 338 g/mol. The van der Waals surface area contributed by atoms with Crippen LogP contribution in [0.2, 0.25) is 0 Å². The molecular formula is C18H19N3O3S. The summed E-state index contributed by atoms with van der Waals surface area (Å²) in [6.45, 7) is 3.10. The van der Waals surface area contributed by atoms with Crippen molar-refractivity contribution < 1.29 is 13.2 Å². The fraction of sp³-hybridized carbons (Fsp3) is 0.222. The molecule has 6 nitrogen and oxygen atoms in total. The van der Waals surface area contributed by atoms with Crippen molar-refractivity contribution in [1.82, 2.24) is 9.55 Å². The second-order valence-electron chi connectivity index (χ2n) is 5.85. The highest BCUT2D eigenvalue weighted by molar-refractivity contribution is 7.91. The summed E-state index contributed by atoms with van der Waals surface area (Å²) < 4.78 is 26.2. The van der Waals surface area contributed by atoms with Crippen LogP contribution in [0.4, 0.5) is 5.69 Å². The number of benzene rings is 2. The van der Waals surface area contributed by atoms with Gasteiger partial charge >= 0.3 is 0 Å². The smallest absolute Gasteiger partial charge is 0.178 e. The van der Waals surface area contributed by atoms with Crippen LogP contribution in [0.1, 0.15) is 19.7 Å². The number of nitrogens with zero attached hydrogens (tertiary/aromatic N) is 2. The number of Topliss-reactive ketones (excluding diaryl/α,β-unsaturated/α-hetero) is 1. The predicted molar refractivity (Wildman–Crippen MR) is 97.6 cm³/mol. The lowest BCUT2D eigenvalue weighted by Gasteiger charge is -2.11. The Kier molecular flexibility index (Phi) is 4.34. The predicted octanol–water partition coefficient (Wildman–Crippen LogP) is 2.53. The van der Waals surface area contributed by atoms with Crippen LogP contribution >= 0.6 is 0 Å². The van der Waals surface area contributed by atoms with E-state index in [2.05, 4.69) is 4.98 Å². The minimum absolute atomic E-state index is 0.0143. The molecule has 3 aromatic rings. The fourth-order valence-electron chi connectivity index (χ4n) is 2.77. The molecule has 0 aliphatic heterocycles. The molecule has 2 N–H and O–H groups in total. The van der Waals surface area contributed by atoms with Gasteiger partial charge in [-0.3, -0.25) is 9.36 Å². The molecule has 3 rings (SSSR count). The van der Waals surface area contributed by atoms with Gasteiger partial charge in [-0.15, -0.1) is 0 Å². The van der Waals surface area contributed by atoms with Gasteiger partial charge in [-0.25, -0.2) is 13.4 Å². The molecule has 0 amide bonds. The van der Waals surface area contributed by atoms with E-state index in [-0.39, 0.29) is 22.9 Å². The van der Waals surface area contributed by atoms with Gasteiger partial charge < -0.3 is 5.73 Å². The number of hydrogen-bond donors (Lipinski definition) is 1. The zero-order chi connectivity index (χ0) is 18.2. The van der Waals surface area contributed by atoms with Crippen molar-refractivity contribution in [3.8, 4) is 5.69 Å². The number of para-hydroxylation sites is 2. The van der Waals surface area contributed by atoms with Crippen LogP contribution < -0.4 is 5.73 Å². The number of sulfone groups is 1. The maximum Gasteiger partial charge on any atom is 0.178 e. The van der Waals surface area contributed by atoms with Gasteiger partial charge in [-0.05, 0) is 37.3 Å². The van der Waals surface area contributed by atoms with Crippen LogP contribution in [0.25, 0.3) is 16.7 Å². The largest absolute Gasteiger partial charge is 0.397 e. The number of carbonyl (C=O) groups is 1. The van der Waals surface area contributed by atoms with Crippen LogP contribution in [-0.2, 0) is 21.1 Å². The first-order chi connectivity index (χ1) is 11.8. The number of fused-ring (bicyclic) bond motifs is 1. The van der Waals surface area contributed by atoms with E-state index in [1.54, 1.807) is 35.8 Å². The molecule has 0 radical (unpaired) electrons. The van der Waals surface area contributed by atoms with Gasteiger partial charge in [-0.1, -0.05) is 19.1 Å². The highest BCUT2D eigenvalue weighted by Gasteiger charge is 2.19. The number of nitrogen functional groups attached to an aromatic ring is 1. The molecule has 0 bridgehead atoms. The van der Waals surface area contributed by atoms with Gasteiger partial charge in [0.15, 0.2) is 9.84 Å². The first-order valence-corrected chi connectivity index (χ1v) is 9.57. The molecule has 0 aliphatic rings. The van der Waals surface area contributed by atoms with Gasteiger partial charge in [0, 0.05) is 0 Å². The lowest BCUT2D eigenvalue weighted by Crippen LogP contribution is -2.08. The first-order valence-electron chi connectivity index (χ1n) is 7.92. The van der Waals surface area contributed by atoms with E-state index in [1.165, 1.54) is 6.92 Å². The molecule has 0 unspecified atom stereocenters. The maximum absolute atomic E-state index is 12.2. The molecule has 2 aromatic carbocycles. The molecule has 25 heavy (non-hydrogen) atoms. The summed E-state index contributed by atoms with van der Waals surface area (Å²) in [5, 5.41) is 0. The summed E-state index contributed by atoms with van der Waals surface area (Å²) in [5.74, 6) is 0.513. The van der Waals surface area contributed by atoms with Gasteiger partial charge in [-0.2, -0.15) is 0 Å². The van der Waals surface area contributed by atoms with E-state index < -0.39 is 9.84 Å². The monoisotopic (exact) mass is 357 g/mol. The lowest BCUT2D eigenvalue weighted by atomic mass is 10.2. The zero-order valence-electron chi connectivity index (χ0n) is 14.1. The van der Waals surface area contributed by atoms with Crippen molar-refractivity contribution in [3.05, 3.63) is 48.3 Å². The molecule has 0 saturated carbocycles. The maximum atomic E-state index is 12.2. The van der Waals surface area contributed by atoms with E-state index in [0.717, 1.165) is 0 Å². The molecule has 1 heterocycles. The topological polar surface area (TPSA) is 95.0 Å². The van der Waals surface area contributed by atoms with Gasteiger partial charge in [0.05, 0.1) is 39.5 Å². The third kappa shape index (κ3) is 3.15. The molecule has 1 aromatic heterocycles. The normalized spacial score (nSPS) is 11.8. The summed E-state index contributed by atoms with van der Waals surface area (Å²) in [7, 11) is -3.35. The number of rotatable bonds is 5. The Morgan fingerprint density at radius 2 is 1.92 bits per heavy atom. The Morgan fingerprint density at radius 3 is 2.56 bits per heavy atom. The fourth-order valence-corrected chi connectivity index (χ4v) is 3.67. The number of anilines is 1. The Labute approximate surface area is 146 Å². The van der Waals surface area contributed by atoms with E-state index >= 15 is 0 Å². The number of hydrogen-bond acceptors (Lipinski definition) is 5. The number of aromatic nitrogens is 2. The summed E-state index contributed by atoms with van der Waals surface area (Å²) in [5.41, 5.74) is 8.53. The van der Waals surface area contributed by atoms with E-state index in [4.69, 9.17) is 5.73 Å². The number of carbonyl (C=O) groups excluding carboxylic acids is 1. The Balaban J connectivity index is 2.35. The van der Waals surface area contributed by atoms with Crippen molar-refractivity contribution in [1.29, 1.82) is 0 Å². The third-order valence-electron chi connectivity index (χ3n) is 4.02. The Hall–Kier alpha value is -2.67. The molecule has 0 fully saturated rings. The Bertz CT molecular complexity index is 1070. The van der Waals surface area contributed by atoms with Crippen molar-refractivity contribution in [2.75, 3.05) is 11.5 Å². The van der Waals surface area contributed by atoms with Gasteiger partial charge in [0.1, 0.15) is 11.6 Å². The van der Waals surface area contributed by atoms with Crippen LogP contribution in [0.15, 0.2) is 47.4 Å². The quantitative estimate of drug-likeness (QED) is 0.708. The summed E-state index contributed by atoms with van der Waals surface area (Å²) in [6, 6.07) is 12.0. The van der Waals surface area contributed by atoms with E-state index in [0.29, 0.717) is 28.2 Å². The van der Waals surface area contributed by atoms with E-state index in [9.17, 15) is 13.2 Å². The molecule has 0 spiro atoms. The molecule has 130 valence electrons. The minimum atomic E-state index is -3.35. The highest BCUT2D eigenvalue weighted by atomic mass is 32.2. The summed E-state index contributed by atoms with van der Waals surface area (Å²) in [6.07, 6.45) is 0.138. The van der Waals surface area contributed by atoms with Crippen LogP contribution in [-0.4, -0.2) is 29.5 Å². The number of nitrogens with two attached hydrogens (primary N) is 1. The second-order valence-corrected chi connectivity index (χ2v) is 8.13. The van der Waals surface area contributed by atoms with E-state index in [1.807, 2.05) is 18.2 Å². The molecule has 0 saturated heterocycles. The van der Waals surface area contributed by atoms with Crippen molar-refractivity contribution in [2.24, 2.45) is 0 Å². The minimum Gasteiger partial charge on any atom is -0.397 e. The van der Waals surface area contributed by atoms with Crippen molar-refractivity contribution >= 4 is 32.3 Å². The van der Waals surface area contributed by atoms with Crippen LogP contribution in [0, 0.1) is 0 Å². The summed E-state index contributed by atoms with van der Waals surface area (Å²) >= 11 is 0. The van der Waals surface area contributed by atoms with Crippen molar-refractivity contribution in [2.45, 2.75) is 25.2 Å². The molecule has 0 aliphatic carbocycles. The average molecular weight is 357 g/mol. The third-order valence-corrected chi connectivity index (χ3v) is 5.75. The number of imidazole rings is 1. The van der Waals surface area contributed by atoms with Crippen molar-refractivity contribution in [3.63, 3.8) is 0 Å². The molecule has 0 atom stereocenters.